The Morgan fingerprint density at radius 2 is 2.31 bits per heavy atom. The molecule has 0 fully saturated rings. The number of anilines is 1. The van der Waals surface area contributed by atoms with Crippen molar-refractivity contribution in [2.45, 2.75) is 19.9 Å². The van der Waals surface area contributed by atoms with Gasteiger partial charge in [0.15, 0.2) is 0 Å². The van der Waals surface area contributed by atoms with Crippen LogP contribution in [0.15, 0.2) is 12.5 Å². The maximum atomic E-state index is 10.5. The van der Waals surface area contributed by atoms with Crippen LogP contribution in [-0.4, -0.2) is 20.9 Å². The average Bonchev–Trinajstić information content (AvgIpc) is 2.03. The number of hydrogen-bond acceptors (Lipinski definition) is 5. The van der Waals surface area contributed by atoms with E-state index in [2.05, 4.69) is 15.3 Å². The topological polar surface area (TPSA) is 81.0 Å². The lowest BCUT2D eigenvalue weighted by Gasteiger charge is -2.07. The quantitative estimate of drug-likeness (QED) is 0.561. The molecule has 0 amide bonds. The molecule has 13 heavy (non-hydrogen) atoms. The van der Waals surface area contributed by atoms with Gasteiger partial charge in [0.05, 0.1) is 4.92 Å². The Morgan fingerprint density at radius 1 is 1.62 bits per heavy atom. The fraction of sp³-hybridized carbons (Fsp3) is 0.429. The second kappa shape index (κ2) is 3.79. The monoisotopic (exact) mass is 182 g/mol. The predicted octanol–water partition coefficient (Wildman–Crippen LogP) is 1.21. The van der Waals surface area contributed by atoms with Crippen molar-refractivity contribution < 1.29 is 4.92 Å². The molecule has 0 radical (unpaired) electrons. The lowest BCUT2D eigenvalue weighted by atomic mass is 10.4. The van der Waals surface area contributed by atoms with Gasteiger partial charge < -0.3 is 5.32 Å². The van der Waals surface area contributed by atoms with Gasteiger partial charge in [-0.15, -0.1) is 0 Å². The van der Waals surface area contributed by atoms with Crippen LogP contribution >= 0.6 is 0 Å². The highest BCUT2D eigenvalue weighted by Crippen LogP contribution is 2.19. The first-order valence-corrected chi connectivity index (χ1v) is 3.82. The van der Waals surface area contributed by atoms with Gasteiger partial charge in [0, 0.05) is 6.04 Å². The van der Waals surface area contributed by atoms with E-state index in [0.29, 0.717) is 0 Å². The third kappa shape index (κ3) is 2.36. The van der Waals surface area contributed by atoms with Crippen LogP contribution in [0.4, 0.5) is 11.5 Å². The third-order valence-corrected chi connectivity index (χ3v) is 1.32. The highest BCUT2D eigenvalue weighted by molar-refractivity contribution is 5.53. The van der Waals surface area contributed by atoms with Gasteiger partial charge in [0.1, 0.15) is 12.5 Å². The Kier molecular flexibility index (Phi) is 2.73. The van der Waals surface area contributed by atoms with Crippen LogP contribution in [0.1, 0.15) is 13.8 Å². The molecule has 1 heterocycles. The predicted molar refractivity (Wildman–Crippen MR) is 47.4 cm³/mol. The number of nitrogens with one attached hydrogen (secondary N) is 1. The highest BCUT2D eigenvalue weighted by atomic mass is 16.6. The van der Waals surface area contributed by atoms with E-state index >= 15 is 0 Å². The maximum absolute atomic E-state index is 10.5. The van der Waals surface area contributed by atoms with E-state index in [1.165, 1.54) is 12.5 Å². The van der Waals surface area contributed by atoms with Gasteiger partial charge in [-0.25, -0.2) is 9.97 Å². The summed E-state index contributed by atoms with van der Waals surface area (Å²) in [6.45, 7) is 3.76. The summed E-state index contributed by atoms with van der Waals surface area (Å²) in [7, 11) is 0. The molecule has 0 aliphatic heterocycles. The van der Waals surface area contributed by atoms with E-state index in [1.807, 2.05) is 13.8 Å². The summed E-state index contributed by atoms with van der Waals surface area (Å²) in [5.74, 6) is 0.259. The molecule has 1 aromatic rings. The minimum absolute atomic E-state index is 0.101. The molecule has 6 nitrogen and oxygen atoms in total. The molecule has 0 aliphatic rings. The van der Waals surface area contributed by atoms with Crippen LogP contribution in [0.5, 0.6) is 0 Å². The Labute approximate surface area is 75.2 Å². The number of rotatable bonds is 3. The van der Waals surface area contributed by atoms with Crippen molar-refractivity contribution in [3.8, 4) is 0 Å². The molecule has 70 valence electrons. The third-order valence-electron chi connectivity index (χ3n) is 1.32. The summed E-state index contributed by atoms with van der Waals surface area (Å²) < 4.78 is 0. The van der Waals surface area contributed by atoms with Crippen LogP contribution in [0.3, 0.4) is 0 Å². The molecule has 0 unspecified atom stereocenters. The van der Waals surface area contributed by atoms with Gasteiger partial charge in [-0.1, -0.05) is 0 Å². The zero-order chi connectivity index (χ0) is 9.84. The fourth-order valence-electron chi connectivity index (χ4n) is 0.841. The van der Waals surface area contributed by atoms with Crippen LogP contribution in [0.2, 0.25) is 0 Å². The van der Waals surface area contributed by atoms with Crippen molar-refractivity contribution in [2.24, 2.45) is 0 Å². The van der Waals surface area contributed by atoms with E-state index in [0.717, 1.165) is 0 Å². The van der Waals surface area contributed by atoms with E-state index in [4.69, 9.17) is 0 Å². The largest absolute Gasteiger partial charge is 0.362 e. The average molecular weight is 182 g/mol. The minimum Gasteiger partial charge on any atom is -0.362 e. The molecule has 6 heteroatoms. The number of hydrogen-bond donors (Lipinski definition) is 1. The molecule has 1 rings (SSSR count). The van der Waals surface area contributed by atoms with Crippen molar-refractivity contribution in [3.05, 3.63) is 22.6 Å². The van der Waals surface area contributed by atoms with Crippen molar-refractivity contribution in [2.75, 3.05) is 5.32 Å². The summed E-state index contributed by atoms with van der Waals surface area (Å²) in [5.41, 5.74) is -0.101. The van der Waals surface area contributed by atoms with Gasteiger partial charge in [-0.2, -0.15) is 0 Å². The number of aromatic nitrogens is 2. The van der Waals surface area contributed by atoms with Gasteiger partial charge in [0.25, 0.3) is 0 Å². The Morgan fingerprint density at radius 3 is 2.85 bits per heavy atom. The lowest BCUT2D eigenvalue weighted by Crippen LogP contribution is -2.12. The molecule has 1 aromatic heterocycles. The second-order valence-electron chi connectivity index (χ2n) is 2.81. The first-order chi connectivity index (χ1) is 6.11. The van der Waals surface area contributed by atoms with Crippen LogP contribution in [-0.2, 0) is 0 Å². The summed E-state index contributed by atoms with van der Waals surface area (Å²) in [5, 5.41) is 13.4. The minimum atomic E-state index is -0.509. The standard InChI is InChI=1S/C7H10N4O2/c1-5(2)10-7-6(11(12)13)3-8-4-9-7/h3-5H,1-2H3,(H,8,9,10). The molecule has 0 spiro atoms. The normalized spacial score (nSPS) is 10.1. The lowest BCUT2D eigenvalue weighted by molar-refractivity contribution is -0.384. The van der Waals surface area contributed by atoms with Crippen molar-refractivity contribution >= 4 is 11.5 Å². The van der Waals surface area contributed by atoms with Crippen molar-refractivity contribution in [1.29, 1.82) is 0 Å². The molecular formula is C7H10N4O2. The molecule has 1 N–H and O–H groups in total. The maximum Gasteiger partial charge on any atom is 0.329 e. The molecule has 0 aliphatic carbocycles. The van der Waals surface area contributed by atoms with Crippen molar-refractivity contribution in [1.82, 2.24) is 9.97 Å². The molecule has 0 saturated carbocycles. The first-order valence-electron chi connectivity index (χ1n) is 3.82. The number of nitro groups is 1. The Hall–Kier alpha value is -1.72. The zero-order valence-electron chi connectivity index (χ0n) is 7.39. The first kappa shape index (κ1) is 9.37. The van der Waals surface area contributed by atoms with Crippen molar-refractivity contribution in [3.63, 3.8) is 0 Å². The Bertz CT molecular complexity index is 313. The van der Waals surface area contributed by atoms with E-state index in [1.54, 1.807) is 0 Å². The van der Waals surface area contributed by atoms with Gasteiger partial charge >= 0.3 is 5.69 Å². The summed E-state index contributed by atoms with van der Waals surface area (Å²) in [6.07, 6.45) is 2.45. The molecular weight excluding hydrogens is 172 g/mol. The smallest absolute Gasteiger partial charge is 0.329 e. The molecule has 0 aromatic carbocycles. The zero-order valence-corrected chi connectivity index (χ0v) is 7.39. The molecule has 0 atom stereocenters. The van der Waals surface area contributed by atoms with E-state index in [-0.39, 0.29) is 17.5 Å². The van der Waals surface area contributed by atoms with Gasteiger partial charge in [-0.3, -0.25) is 10.1 Å². The summed E-state index contributed by atoms with van der Waals surface area (Å²) >= 11 is 0. The van der Waals surface area contributed by atoms with Crippen LogP contribution in [0.25, 0.3) is 0 Å². The summed E-state index contributed by atoms with van der Waals surface area (Å²) in [4.78, 5) is 17.3. The van der Waals surface area contributed by atoms with Crippen LogP contribution < -0.4 is 5.32 Å². The Balaban J connectivity index is 2.98. The van der Waals surface area contributed by atoms with E-state index < -0.39 is 4.92 Å². The van der Waals surface area contributed by atoms with E-state index in [9.17, 15) is 10.1 Å². The highest BCUT2D eigenvalue weighted by Gasteiger charge is 2.14. The summed E-state index contributed by atoms with van der Waals surface area (Å²) in [6, 6.07) is 0.105. The van der Waals surface area contributed by atoms with Gasteiger partial charge in [-0.05, 0) is 13.8 Å². The van der Waals surface area contributed by atoms with Crippen LogP contribution in [0, 0.1) is 10.1 Å². The molecule has 0 saturated heterocycles. The molecule has 0 bridgehead atoms. The SMILES string of the molecule is CC(C)Nc1ncncc1[N+](=O)[O-]. The second-order valence-corrected chi connectivity index (χ2v) is 2.81. The number of nitrogens with zero attached hydrogens (tertiary/aromatic N) is 3. The fourth-order valence-corrected chi connectivity index (χ4v) is 0.841. The van der Waals surface area contributed by atoms with Gasteiger partial charge in [0.2, 0.25) is 5.82 Å².